The molecular formula is C26H46F2N2O6. The van der Waals surface area contributed by atoms with Gasteiger partial charge in [0.25, 0.3) is 11.8 Å². The Balaban J connectivity index is 3.64. The van der Waals surface area contributed by atoms with Crippen molar-refractivity contribution in [2.45, 2.75) is 128 Å². The van der Waals surface area contributed by atoms with Crippen LogP contribution in [0.3, 0.4) is 0 Å². The maximum Gasteiger partial charge on any atom is 0.303 e. The lowest BCUT2D eigenvalue weighted by atomic mass is 10.1. The second-order valence-electron chi connectivity index (χ2n) is 9.33. The van der Waals surface area contributed by atoms with Gasteiger partial charge in [0.15, 0.2) is 0 Å². The topological polar surface area (TPSA) is 133 Å². The van der Waals surface area contributed by atoms with Crippen LogP contribution in [0.25, 0.3) is 0 Å². The molecular weight excluding hydrogens is 474 g/mol. The largest absolute Gasteiger partial charge is 0.481 e. The van der Waals surface area contributed by atoms with Crippen molar-refractivity contribution in [2.75, 3.05) is 13.1 Å². The highest BCUT2D eigenvalue weighted by Crippen LogP contribution is 2.11. The summed E-state index contributed by atoms with van der Waals surface area (Å²) in [5, 5.41) is 21.8. The zero-order chi connectivity index (χ0) is 27.0. The van der Waals surface area contributed by atoms with Gasteiger partial charge in [0, 0.05) is 25.9 Å². The van der Waals surface area contributed by atoms with Crippen LogP contribution in [0, 0.1) is 0 Å². The molecule has 210 valence electrons. The first-order valence-corrected chi connectivity index (χ1v) is 13.5. The van der Waals surface area contributed by atoms with Crippen LogP contribution in [0.5, 0.6) is 0 Å². The van der Waals surface area contributed by atoms with Gasteiger partial charge in [-0.1, -0.05) is 77.0 Å². The molecule has 2 amide bonds. The van der Waals surface area contributed by atoms with Crippen LogP contribution in [0.2, 0.25) is 0 Å². The molecule has 0 aliphatic carbocycles. The van der Waals surface area contributed by atoms with E-state index in [1.807, 2.05) is 0 Å². The van der Waals surface area contributed by atoms with Crippen molar-refractivity contribution in [2.24, 2.45) is 0 Å². The van der Waals surface area contributed by atoms with Gasteiger partial charge in [-0.15, -0.1) is 0 Å². The van der Waals surface area contributed by atoms with E-state index in [0.29, 0.717) is 25.7 Å². The molecule has 36 heavy (non-hydrogen) atoms. The van der Waals surface area contributed by atoms with Crippen LogP contribution >= 0.6 is 0 Å². The molecule has 0 aromatic carbocycles. The van der Waals surface area contributed by atoms with E-state index in [1.165, 1.54) is 0 Å². The maximum absolute atomic E-state index is 14.0. The van der Waals surface area contributed by atoms with E-state index in [1.54, 1.807) is 0 Å². The predicted molar refractivity (Wildman–Crippen MR) is 134 cm³/mol. The Morgan fingerprint density at radius 1 is 0.472 bits per heavy atom. The summed E-state index contributed by atoms with van der Waals surface area (Å²) in [6.07, 6.45) is 9.46. The molecule has 0 unspecified atom stereocenters. The van der Waals surface area contributed by atoms with E-state index in [9.17, 15) is 28.0 Å². The van der Waals surface area contributed by atoms with Gasteiger partial charge >= 0.3 is 11.9 Å². The van der Waals surface area contributed by atoms with Gasteiger partial charge in [-0.25, -0.2) is 8.78 Å². The third-order valence-corrected chi connectivity index (χ3v) is 5.99. The van der Waals surface area contributed by atoms with Gasteiger partial charge < -0.3 is 20.8 Å². The van der Waals surface area contributed by atoms with Crippen LogP contribution in [0.15, 0.2) is 0 Å². The van der Waals surface area contributed by atoms with E-state index in [0.717, 1.165) is 77.0 Å². The van der Waals surface area contributed by atoms with Crippen molar-refractivity contribution in [3.8, 4) is 0 Å². The molecule has 0 aromatic rings. The van der Waals surface area contributed by atoms with E-state index in [2.05, 4.69) is 10.6 Å². The first-order valence-electron chi connectivity index (χ1n) is 13.5. The van der Waals surface area contributed by atoms with Crippen LogP contribution in [0.1, 0.15) is 116 Å². The molecule has 4 N–H and O–H groups in total. The fourth-order valence-corrected chi connectivity index (χ4v) is 3.81. The summed E-state index contributed by atoms with van der Waals surface area (Å²) in [5.74, 6) is -3.76. The van der Waals surface area contributed by atoms with Gasteiger partial charge in [-0.05, 0) is 25.7 Å². The summed E-state index contributed by atoms with van der Waals surface area (Å²) in [5.41, 5.74) is 0. The number of rotatable bonds is 25. The van der Waals surface area contributed by atoms with Crippen LogP contribution in [0.4, 0.5) is 8.78 Å². The second kappa shape index (κ2) is 23.2. The van der Waals surface area contributed by atoms with Gasteiger partial charge in [0.1, 0.15) is 0 Å². The average Bonchev–Trinajstić information content (AvgIpc) is 2.84. The van der Waals surface area contributed by atoms with Crippen molar-refractivity contribution in [3.05, 3.63) is 0 Å². The molecule has 0 spiro atoms. The summed E-state index contributed by atoms with van der Waals surface area (Å²) in [6, 6.07) is 0. The lowest BCUT2D eigenvalue weighted by Crippen LogP contribution is -2.45. The average molecular weight is 521 g/mol. The maximum atomic E-state index is 14.0. The Hall–Kier alpha value is -2.26. The Kier molecular flexibility index (Phi) is 21.7. The molecule has 2 atom stereocenters. The number of amides is 2. The number of aliphatic carboxylic acids is 2. The first-order chi connectivity index (χ1) is 17.3. The highest BCUT2D eigenvalue weighted by molar-refractivity contribution is 5.90. The molecule has 0 fully saturated rings. The van der Waals surface area contributed by atoms with Crippen LogP contribution < -0.4 is 10.6 Å². The zero-order valence-electron chi connectivity index (χ0n) is 21.6. The minimum Gasteiger partial charge on any atom is -0.481 e. The number of halogens is 2. The number of carboxylic acids is 2. The Morgan fingerprint density at radius 3 is 1.00 bits per heavy atom. The highest BCUT2D eigenvalue weighted by Gasteiger charge is 2.33. The van der Waals surface area contributed by atoms with E-state index < -0.39 is 36.1 Å². The minimum atomic E-state index is -2.53. The molecule has 0 aliphatic heterocycles. The number of carbonyl (C=O) groups excluding carboxylic acids is 2. The molecule has 0 aliphatic rings. The monoisotopic (exact) mass is 520 g/mol. The number of carbonyl (C=O) groups is 4. The van der Waals surface area contributed by atoms with E-state index in [-0.39, 0.29) is 25.9 Å². The van der Waals surface area contributed by atoms with Gasteiger partial charge in [0.05, 0.1) is 0 Å². The molecule has 0 saturated carbocycles. The quantitative estimate of drug-likeness (QED) is 0.124. The number of hydrogen-bond donors (Lipinski definition) is 4. The smallest absolute Gasteiger partial charge is 0.303 e. The molecule has 0 radical (unpaired) electrons. The summed E-state index contributed by atoms with van der Waals surface area (Å²) < 4.78 is 28.0. The van der Waals surface area contributed by atoms with Crippen molar-refractivity contribution in [1.82, 2.24) is 10.6 Å². The first kappa shape index (κ1) is 33.7. The fourth-order valence-electron chi connectivity index (χ4n) is 3.81. The number of nitrogens with one attached hydrogen (secondary N) is 2. The zero-order valence-corrected chi connectivity index (χ0v) is 21.6. The van der Waals surface area contributed by atoms with E-state index >= 15 is 0 Å². The van der Waals surface area contributed by atoms with Crippen LogP contribution in [-0.4, -0.2) is 59.4 Å². The molecule has 10 heteroatoms. The SMILES string of the molecule is O=C(O)CCCCCCCCCCNC(=O)[C@H](F)[C@@H](F)C(=O)NCCCCCCCCCCC(=O)O. The van der Waals surface area contributed by atoms with Gasteiger partial charge in [-0.2, -0.15) is 0 Å². The van der Waals surface area contributed by atoms with Gasteiger partial charge in [0.2, 0.25) is 12.3 Å². The Bertz CT molecular complexity index is 569. The lowest BCUT2D eigenvalue weighted by Gasteiger charge is -2.14. The van der Waals surface area contributed by atoms with Crippen LogP contribution in [-0.2, 0) is 19.2 Å². The standard InChI is InChI=1S/C26H46F2N2O6/c27-23(25(35)29-19-15-11-7-3-1-5-9-13-17-21(31)32)24(28)26(36)30-20-16-12-8-4-2-6-10-14-18-22(33)34/h23-24H,1-20H2,(H,29,35)(H,30,36)(H,31,32)(H,33,34)/t23-,24-/m1/s1. The molecule has 0 heterocycles. The second-order valence-corrected chi connectivity index (χ2v) is 9.33. The van der Waals surface area contributed by atoms with Crippen molar-refractivity contribution in [1.29, 1.82) is 0 Å². The molecule has 0 bridgehead atoms. The molecule has 0 rings (SSSR count). The lowest BCUT2D eigenvalue weighted by molar-refractivity contribution is -0.138. The third kappa shape index (κ3) is 21.1. The van der Waals surface area contributed by atoms with Crippen molar-refractivity contribution >= 4 is 23.8 Å². The van der Waals surface area contributed by atoms with Crippen molar-refractivity contribution in [3.63, 3.8) is 0 Å². The number of alkyl halides is 2. The van der Waals surface area contributed by atoms with Gasteiger partial charge in [-0.3, -0.25) is 19.2 Å². The Morgan fingerprint density at radius 2 is 0.722 bits per heavy atom. The minimum absolute atomic E-state index is 0.206. The molecule has 0 aromatic heterocycles. The number of carboxylic acid groups (broad SMARTS) is 2. The molecule has 8 nitrogen and oxygen atoms in total. The number of unbranched alkanes of at least 4 members (excludes halogenated alkanes) is 14. The van der Waals surface area contributed by atoms with E-state index in [4.69, 9.17) is 10.2 Å². The third-order valence-electron chi connectivity index (χ3n) is 5.99. The molecule has 0 saturated heterocycles. The highest BCUT2D eigenvalue weighted by atomic mass is 19.2. The summed E-state index contributed by atoms with van der Waals surface area (Å²) in [6.45, 7) is 0.456. The summed E-state index contributed by atoms with van der Waals surface area (Å²) in [7, 11) is 0. The number of hydrogen-bond acceptors (Lipinski definition) is 4. The summed E-state index contributed by atoms with van der Waals surface area (Å²) in [4.78, 5) is 44.4. The Labute approximate surface area is 214 Å². The fraction of sp³-hybridized carbons (Fsp3) is 0.846. The summed E-state index contributed by atoms with van der Waals surface area (Å²) >= 11 is 0. The predicted octanol–water partition coefficient (Wildman–Crippen LogP) is 5.09. The normalized spacial score (nSPS) is 12.6. The van der Waals surface area contributed by atoms with Crippen molar-refractivity contribution < 1.29 is 38.2 Å².